The van der Waals surface area contributed by atoms with Crippen LogP contribution in [0.25, 0.3) is 32.3 Å². The first kappa shape index (κ1) is 13.3. The Balaban J connectivity index is 2.17. The topological polar surface area (TPSA) is 26.0 Å². The van der Waals surface area contributed by atoms with Crippen molar-refractivity contribution in [1.29, 1.82) is 0 Å². The molecule has 0 unspecified atom stereocenters. The molecule has 4 aromatic carbocycles. The lowest BCUT2D eigenvalue weighted by Crippen LogP contribution is -2.28. The molecular formula is C18H12F3N. The van der Waals surface area contributed by atoms with E-state index in [2.05, 4.69) is 0 Å². The van der Waals surface area contributed by atoms with Crippen molar-refractivity contribution in [3.63, 3.8) is 0 Å². The van der Waals surface area contributed by atoms with Gasteiger partial charge < -0.3 is 5.73 Å². The number of hydrogen-bond donors (Lipinski definition) is 1. The van der Waals surface area contributed by atoms with Gasteiger partial charge in [-0.1, -0.05) is 54.6 Å². The van der Waals surface area contributed by atoms with Crippen molar-refractivity contribution in [1.82, 2.24) is 0 Å². The van der Waals surface area contributed by atoms with Crippen molar-refractivity contribution in [2.24, 2.45) is 5.73 Å². The SMILES string of the molecule is N[C@H](c1ccc2ccc3cccc4ccc1c2c34)C(F)(F)F. The van der Waals surface area contributed by atoms with Gasteiger partial charge in [0, 0.05) is 0 Å². The van der Waals surface area contributed by atoms with Crippen LogP contribution >= 0.6 is 0 Å². The zero-order chi connectivity index (χ0) is 15.5. The number of benzene rings is 4. The number of halogens is 3. The van der Waals surface area contributed by atoms with Gasteiger partial charge in [0.25, 0.3) is 0 Å². The van der Waals surface area contributed by atoms with E-state index in [0.29, 0.717) is 5.39 Å². The molecule has 0 aromatic heterocycles. The van der Waals surface area contributed by atoms with Crippen LogP contribution in [0.2, 0.25) is 0 Å². The predicted octanol–water partition coefficient (Wildman–Crippen LogP) is 5.15. The highest BCUT2D eigenvalue weighted by atomic mass is 19.4. The summed E-state index contributed by atoms with van der Waals surface area (Å²) in [5, 5.41) is 5.40. The Morgan fingerprint density at radius 3 is 1.91 bits per heavy atom. The summed E-state index contributed by atoms with van der Waals surface area (Å²) in [4.78, 5) is 0. The maximum Gasteiger partial charge on any atom is 0.407 e. The first-order chi connectivity index (χ1) is 10.5. The highest BCUT2D eigenvalue weighted by molar-refractivity contribution is 6.23. The minimum absolute atomic E-state index is 0.123. The molecule has 0 spiro atoms. The second-order valence-electron chi connectivity index (χ2n) is 5.53. The normalized spacial score (nSPS) is 14.2. The van der Waals surface area contributed by atoms with Crippen LogP contribution < -0.4 is 5.73 Å². The third-order valence-electron chi connectivity index (χ3n) is 4.25. The summed E-state index contributed by atoms with van der Waals surface area (Å²) < 4.78 is 39.1. The van der Waals surface area contributed by atoms with Gasteiger partial charge in [0.05, 0.1) is 0 Å². The quantitative estimate of drug-likeness (QED) is 0.483. The fourth-order valence-electron chi connectivity index (χ4n) is 3.21. The number of nitrogens with two attached hydrogens (primary N) is 1. The molecule has 0 saturated carbocycles. The first-order valence-corrected chi connectivity index (χ1v) is 6.95. The molecule has 0 aliphatic rings. The molecule has 4 rings (SSSR count). The van der Waals surface area contributed by atoms with Gasteiger partial charge in [-0.2, -0.15) is 13.2 Å². The Bertz CT molecular complexity index is 972. The van der Waals surface area contributed by atoms with E-state index in [4.69, 9.17) is 5.73 Å². The maximum absolute atomic E-state index is 13.0. The predicted molar refractivity (Wildman–Crippen MR) is 83.1 cm³/mol. The third-order valence-corrected chi connectivity index (χ3v) is 4.25. The van der Waals surface area contributed by atoms with E-state index in [1.54, 1.807) is 12.1 Å². The van der Waals surface area contributed by atoms with Gasteiger partial charge in [-0.05, 0) is 37.9 Å². The minimum atomic E-state index is -4.46. The Morgan fingerprint density at radius 1 is 0.727 bits per heavy atom. The fraction of sp³-hybridized carbons (Fsp3) is 0.111. The molecule has 0 radical (unpaired) electrons. The van der Waals surface area contributed by atoms with Gasteiger partial charge in [0.2, 0.25) is 0 Å². The van der Waals surface area contributed by atoms with E-state index in [9.17, 15) is 13.2 Å². The summed E-state index contributed by atoms with van der Waals surface area (Å²) in [7, 11) is 0. The standard InChI is InChI=1S/C18H12F3N/c19-18(20,21)17(22)14-9-7-12-5-4-10-2-1-3-11-6-8-13(14)16(12)15(10)11/h1-9,17H,22H2/t17-/m1/s1. The average Bonchev–Trinajstić information content (AvgIpc) is 2.51. The molecule has 22 heavy (non-hydrogen) atoms. The molecule has 2 N–H and O–H groups in total. The molecule has 110 valence electrons. The van der Waals surface area contributed by atoms with Crippen LogP contribution in [0.1, 0.15) is 11.6 Å². The first-order valence-electron chi connectivity index (χ1n) is 6.95. The lowest BCUT2D eigenvalue weighted by molar-refractivity contribution is -0.148. The van der Waals surface area contributed by atoms with Gasteiger partial charge in [0.1, 0.15) is 6.04 Å². The van der Waals surface area contributed by atoms with Crippen LogP contribution in [0, 0.1) is 0 Å². The molecule has 0 fully saturated rings. The molecule has 0 aliphatic carbocycles. The highest BCUT2D eigenvalue weighted by Gasteiger charge is 2.38. The van der Waals surface area contributed by atoms with E-state index in [1.807, 2.05) is 36.4 Å². The molecule has 0 amide bonds. The van der Waals surface area contributed by atoms with E-state index in [1.165, 1.54) is 6.07 Å². The molecule has 0 aliphatic heterocycles. The zero-order valence-corrected chi connectivity index (χ0v) is 11.5. The van der Waals surface area contributed by atoms with Crippen molar-refractivity contribution in [3.8, 4) is 0 Å². The summed E-state index contributed by atoms with van der Waals surface area (Å²) in [6, 6.07) is 14.6. The second kappa shape index (κ2) is 4.34. The van der Waals surface area contributed by atoms with Gasteiger partial charge in [-0.15, -0.1) is 0 Å². The lowest BCUT2D eigenvalue weighted by atomic mass is 9.90. The Hall–Kier alpha value is -2.33. The summed E-state index contributed by atoms with van der Waals surface area (Å²) >= 11 is 0. The van der Waals surface area contributed by atoms with Crippen LogP contribution in [0.3, 0.4) is 0 Å². The molecule has 1 nitrogen and oxygen atoms in total. The van der Waals surface area contributed by atoms with E-state index in [-0.39, 0.29) is 5.56 Å². The smallest absolute Gasteiger partial charge is 0.316 e. The number of alkyl halides is 3. The highest BCUT2D eigenvalue weighted by Crippen LogP contribution is 2.40. The maximum atomic E-state index is 13.0. The third kappa shape index (κ3) is 1.77. The summed E-state index contributed by atoms with van der Waals surface area (Å²) in [5.74, 6) is 0. The van der Waals surface area contributed by atoms with Crippen molar-refractivity contribution < 1.29 is 13.2 Å². The molecule has 4 heteroatoms. The molecule has 4 aromatic rings. The largest absolute Gasteiger partial charge is 0.407 e. The lowest BCUT2D eigenvalue weighted by Gasteiger charge is -2.20. The summed E-state index contributed by atoms with van der Waals surface area (Å²) in [6.45, 7) is 0. The van der Waals surface area contributed by atoms with Crippen LogP contribution in [-0.4, -0.2) is 6.18 Å². The molecule has 0 saturated heterocycles. The molecule has 0 heterocycles. The number of hydrogen-bond acceptors (Lipinski definition) is 1. The zero-order valence-electron chi connectivity index (χ0n) is 11.5. The van der Waals surface area contributed by atoms with Gasteiger partial charge in [-0.3, -0.25) is 0 Å². The summed E-state index contributed by atoms with van der Waals surface area (Å²) in [5.41, 5.74) is 5.57. The van der Waals surface area contributed by atoms with Crippen LogP contribution in [0.15, 0.2) is 54.6 Å². The van der Waals surface area contributed by atoms with E-state index >= 15 is 0 Å². The monoisotopic (exact) mass is 299 g/mol. The molecule has 0 bridgehead atoms. The van der Waals surface area contributed by atoms with Crippen LogP contribution in [0.5, 0.6) is 0 Å². The Morgan fingerprint density at radius 2 is 1.27 bits per heavy atom. The Kier molecular flexibility index (Phi) is 2.63. The summed E-state index contributed by atoms with van der Waals surface area (Å²) in [6.07, 6.45) is -4.46. The van der Waals surface area contributed by atoms with Crippen molar-refractivity contribution in [3.05, 3.63) is 60.2 Å². The van der Waals surface area contributed by atoms with Crippen LogP contribution in [0.4, 0.5) is 13.2 Å². The van der Waals surface area contributed by atoms with E-state index < -0.39 is 12.2 Å². The molecular weight excluding hydrogens is 287 g/mol. The van der Waals surface area contributed by atoms with Gasteiger partial charge >= 0.3 is 6.18 Å². The van der Waals surface area contributed by atoms with Crippen molar-refractivity contribution >= 4 is 32.3 Å². The fourth-order valence-corrected chi connectivity index (χ4v) is 3.21. The van der Waals surface area contributed by atoms with Crippen molar-refractivity contribution in [2.75, 3.05) is 0 Å². The van der Waals surface area contributed by atoms with Crippen molar-refractivity contribution in [2.45, 2.75) is 12.2 Å². The minimum Gasteiger partial charge on any atom is -0.316 e. The van der Waals surface area contributed by atoms with Gasteiger partial charge in [-0.25, -0.2) is 0 Å². The second-order valence-corrected chi connectivity index (χ2v) is 5.53. The van der Waals surface area contributed by atoms with Gasteiger partial charge in [0.15, 0.2) is 0 Å². The number of rotatable bonds is 1. The Labute approximate surface area is 124 Å². The molecule has 1 atom stereocenters. The average molecular weight is 299 g/mol. The van der Waals surface area contributed by atoms with E-state index in [0.717, 1.165) is 26.9 Å². The van der Waals surface area contributed by atoms with Crippen LogP contribution in [-0.2, 0) is 0 Å².